The van der Waals surface area contributed by atoms with Gasteiger partial charge in [0.2, 0.25) is 0 Å². The van der Waals surface area contributed by atoms with E-state index >= 15 is 0 Å². The maximum absolute atomic E-state index is 12.4. The number of carbonyl (C=O) groups is 2. The van der Waals surface area contributed by atoms with Gasteiger partial charge >= 0.3 is 11.9 Å². The first kappa shape index (κ1) is 29.3. The van der Waals surface area contributed by atoms with E-state index in [4.69, 9.17) is 18.9 Å². The Morgan fingerprint density at radius 1 is 0.605 bits per heavy atom. The molecule has 0 unspecified atom stereocenters. The summed E-state index contributed by atoms with van der Waals surface area (Å²) >= 11 is 0. The minimum absolute atomic E-state index is 0.171. The predicted molar refractivity (Wildman–Crippen MR) is 152 cm³/mol. The number of rotatable bonds is 17. The summed E-state index contributed by atoms with van der Waals surface area (Å²) in [6, 6.07) is 13.7. The fraction of sp³-hybridized carbons (Fsp3) is 0.500. The van der Waals surface area contributed by atoms with E-state index in [0.717, 1.165) is 84.9 Å². The van der Waals surface area contributed by atoms with Crippen LogP contribution in [0, 0.1) is 0 Å². The molecule has 0 saturated carbocycles. The summed E-state index contributed by atoms with van der Waals surface area (Å²) in [7, 11) is 0. The highest BCUT2D eigenvalue weighted by atomic mass is 16.6. The first-order valence-electron chi connectivity index (χ1n) is 14.1. The Bertz CT molecular complexity index is 1190. The number of unbranched alkanes of at least 4 members (excludes halogenated alkanes) is 6. The second-order valence-corrected chi connectivity index (χ2v) is 9.54. The molecule has 0 N–H and O–H groups in total. The van der Waals surface area contributed by atoms with Crippen LogP contribution in [0.4, 0.5) is 0 Å². The Hall–Kier alpha value is -3.28. The van der Waals surface area contributed by atoms with Gasteiger partial charge < -0.3 is 18.9 Å². The van der Waals surface area contributed by atoms with Gasteiger partial charge in [0.05, 0.1) is 13.2 Å². The number of fused-ring (bicyclic) bond motifs is 2. The van der Waals surface area contributed by atoms with E-state index in [1.807, 2.05) is 42.5 Å². The van der Waals surface area contributed by atoms with Crippen molar-refractivity contribution in [3.8, 4) is 11.5 Å². The molecule has 38 heavy (non-hydrogen) atoms. The van der Waals surface area contributed by atoms with Crippen molar-refractivity contribution < 1.29 is 28.5 Å². The second-order valence-electron chi connectivity index (χ2n) is 9.54. The monoisotopic (exact) mass is 522 g/mol. The molecule has 0 saturated heterocycles. The first-order chi connectivity index (χ1) is 18.6. The highest BCUT2D eigenvalue weighted by Gasteiger charge is 2.20. The number of benzene rings is 3. The van der Waals surface area contributed by atoms with E-state index in [2.05, 4.69) is 20.8 Å². The van der Waals surface area contributed by atoms with E-state index in [9.17, 15) is 9.59 Å². The number of aryl methyl sites for hydroxylation is 1. The van der Waals surface area contributed by atoms with Crippen molar-refractivity contribution in [1.82, 2.24) is 0 Å². The molecule has 0 aliphatic heterocycles. The average Bonchev–Trinajstić information content (AvgIpc) is 2.94. The Kier molecular flexibility index (Phi) is 12.2. The maximum Gasteiger partial charge on any atom is 0.344 e. The van der Waals surface area contributed by atoms with Gasteiger partial charge in [0.25, 0.3) is 0 Å². The van der Waals surface area contributed by atoms with Crippen molar-refractivity contribution in [2.75, 3.05) is 26.4 Å². The van der Waals surface area contributed by atoms with E-state index < -0.39 is 0 Å². The van der Waals surface area contributed by atoms with Crippen LogP contribution < -0.4 is 9.47 Å². The minimum Gasteiger partial charge on any atom is -0.481 e. The van der Waals surface area contributed by atoms with Crippen LogP contribution in [0.15, 0.2) is 42.5 Å². The zero-order valence-electron chi connectivity index (χ0n) is 23.2. The summed E-state index contributed by atoms with van der Waals surface area (Å²) in [4.78, 5) is 24.9. The lowest BCUT2D eigenvalue weighted by Gasteiger charge is -2.19. The molecule has 0 heterocycles. The van der Waals surface area contributed by atoms with E-state index in [1.54, 1.807) is 0 Å². The first-order valence-corrected chi connectivity index (χ1v) is 14.1. The van der Waals surface area contributed by atoms with Crippen LogP contribution in [-0.4, -0.2) is 38.4 Å². The van der Waals surface area contributed by atoms with Gasteiger partial charge in [0, 0.05) is 21.5 Å². The van der Waals surface area contributed by atoms with Gasteiger partial charge in [-0.3, -0.25) is 0 Å². The Labute approximate surface area is 226 Å². The Morgan fingerprint density at radius 2 is 1.13 bits per heavy atom. The van der Waals surface area contributed by atoms with E-state index in [0.29, 0.717) is 24.7 Å². The molecule has 0 amide bonds. The molecular weight excluding hydrogens is 480 g/mol. The average molecular weight is 523 g/mol. The zero-order chi connectivity index (χ0) is 27.2. The van der Waals surface area contributed by atoms with Crippen LogP contribution in [0.5, 0.6) is 11.5 Å². The summed E-state index contributed by atoms with van der Waals surface area (Å²) in [5.74, 6) is 0.476. The smallest absolute Gasteiger partial charge is 0.344 e. The molecule has 3 aromatic rings. The highest BCUT2D eigenvalue weighted by molar-refractivity contribution is 6.12. The molecule has 0 spiro atoms. The van der Waals surface area contributed by atoms with Crippen LogP contribution >= 0.6 is 0 Å². The number of esters is 2. The lowest BCUT2D eigenvalue weighted by Crippen LogP contribution is -2.17. The van der Waals surface area contributed by atoms with Crippen molar-refractivity contribution in [2.24, 2.45) is 0 Å². The van der Waals surface area contributed by atoms with Crippen LogP contribution in [0.1, 0.15) is 77.7 Å². The summed E-state index contributed by atoms with van der Waals surface area (Å²) in [5, 5.41) is 3.35. The quantitative estimate of drug-likeness (QED) is 0.103. The third-order valence-electron chi connectivity index (χ3n) is 6.61. The highest BCUT2D eigenvalue weighted by Crippen LogP contribution is 2.44. The lowest BCUT2D eigenvalue weighted by atomic mass is 9.96. The molecule has 0 aliphatic carbocycles. The van der Waals surface area contributed by atoms with Crippen LogP contribution in [0.25, 0.3) is 21.5 Å². The molecule has 0 aliphatic rings. The number of ether oxygens (including phenoxy) is 4. The summed E-state index contributed by atoms with van der Waals surface area (Å²) in [6.07, 6.45) is 9.13. The molecule has 0 atom stereocenters. The number of carbonyl (C=O) groups excluding carboxylic acids is 2. The van der Waals surface area contributed by atoms with Gasteiger partial charge in [-0.25, -0.2) is 9.59 Å². The largest absolute Gasteiger partial charge is 0.481 e. The van der Waals surface area contributed by atoms with Crippen LogP contribution in [0.3, 0.4) is 0 Å². The van der Waals surface area contributed by atoms with Gasteiger partial charge in [-0.05, 0) is 24.8 Å². The molecule has 0 aromatic heterocycles. The number of hydrogen-bond donors (Lipinski definition) is 0. The molecule has 6 heteroatoms. The topological polar surface area (TPSA) is 71.1 Å². The third-order valence-corrected chi connectivity index (χ3v) is 6.61. The molecule has 206 valence electrons. The Balaban J connectivity index is 1.83. The molecule has 6 nitrogen and oxygen atoms in total. The number of hydrogen-bond acceptors (Lipinski definition) is 6. The van der Waals surface area contributed by atoms with Crippen molar-refractivity contribution >= 4 is 33.5 Å². The molecule has 0 bridgehead atoms. The van der Waals surface area contributed by atoms with Crippen LogP contribution in [-0.2, 0) is 25.5 Å². The lowest BCUT2D eigenvalue weighted by molar-refractivity contribution is -0.147. The third kappa shape index (κ3) is 8.11. The normalized spacial score (nSPS) is 11.0. The van der Waals surface area contributed by atoms with Gasteiger partial charge in [-0.2, -0.15) is 0 Å². The zero-order valence-corrected chi connectivity index (χ0v) is 23.2. The van der Waals surface area contributed by atoms with Gasteiger partial charge in [-0.15, -0.1) is 0 Å². The molecule has 3 rings (SSSR count). The molecule has 3 aromatic carbocycles. The second kappa shape index (κ2) is 15.9. The van der Waals surface area contributed by atoms with Crippen molar-refractivity contribution in [2.45, 2.75) is 78.6 Å². The molecule has 0 fully saturated rings. The van der Waals surface area contributed by atoms with Gasteiger partial charge in [0.1, 0.15) is 11.5 Å². The van der Waals surface area contributed by atoms with E-state index in [1.165, 1.54) is 0 Å². The standard InChI is InChI=1S/C32H42O6/c1-4-7-9-13-20-35-28(33)22-37-31-25-17-11-12-18-26(25)32(30-24(6-3)16-15-19-27(30)31)38-23-29(34)36-21-14-10-8-5-2/h11-12,15-19H,4-10,13-14,20-23H2,1-3H3. The van der Waals surface area contributed by atoms with Crippen molar-refractivity contribution in [3.63, 3.8) is 0 Å². The van der Waals surface area contributed by atoms with Gasteiger partial charge in [-0.1, -0.05) is 102 Å². The summed E-state index contributed by atoms with van der Waals surface area (Å²) in [5.41, 5.74) is 1.07. The Morgan fingerprint density at radius 3 is 1.68 bits per heavy atom. The minimum atomic E-state index is -0.382. The fourth-order valence-electron chi connectivity index (χ4n) is 4.59. The fourth-order valence-corrected chi connectivity index (χ4v) is 4.59. The summed E-state index contributed by atoms with van der Waals surface area (Å²) < 4.78 is 23.1. The summed E-state index contributed by atoms with van der Waals surface area (Å²) in [6.45, 7) is 6.85. The van der Waals surface area contributed by atoms with E-state index in [-0.39, 0.29) is 25.2 Å². The van der Waals surface area contributed by atoms with Crippen LogP contribution in [0.2, 0.25) is 0 Å². The SMILES string of the molecule is CCCCCCOC(=O)COc1c2ccccc2c(OCC(=O)OCCCCCC)c2c(CC)cccc12. The molecule has 0 radical (unpaired) electrons. The van der Waals surface area contributed by atoms with Crippen molar-refractivity contribution in [1.29, 1.82) is 0 Å². The van der Waals surface area contributed by atoms with Gasteiger partial charge in [0.15, 0.2) is 13.2 Å². The maximum atomic E-state index is 12.4. The molecular formula is C32H42O6. The predicted octanol–water partition coefficient (Wildman–Crippen LogP) is 7.56. The van der Waals surface area contributed by atoms with Crippen molar-refractivity contribution in [3.05, 3.63) is 48.0 Å².